The van der Waals surface area contributed by atoms with E-state index in [9.17, 15) is 18.0 Å². The highest BCUT2D eigenvalue weighted by molar-refractivity contribution is 7.21. The summed E-state index contributed by atoms with van der Waals surface area (Å²) in [5, 5.41) is 3.50. The molecule has 8 heteroatoms. The Kier molecular flexibility index (Phi) is 5.01. The molecule has 0 spiro atoms. The van der Waals surface area contributed by atoms with Gasteiger partial charge in [0.2, 0.25) is 0 Å². The number of hydrogen-bond donors (Lipinski definition) is 1. The van der Waals surface area contributed by atoms with E-state index in [0.717, 1.165) is 49.9 Å². The standard InChI is InChI=1S/C17H17F3N2OS.ClH/c18-17(19,20)12-3-1-2-11-8-14(24-15(11)12)16(23)21-13-9-22-6-4-10(13)5-7-22;/h1-3,8,10,13H,4-7,9H2,(H,21,23);1H/t13-;/m1./s1. The molecule has 3 aliphatic heterocycles. The Balaban J connectivity index is 0.00000182. The molecule has 1 aromatic carbocycles. The first kappa shape index (κ1) is 18.5. The molecule has 5 rings (SSSR count). The van der Waals surface area contributed by atoms with E-state index in [1.54, 1.807) is 12.1 Å². The lowest BCUT2D eigenvalue weighted by Gasteiger charge is -2.44. The molecule has 2 bridgehead atoms. The number of hydrogen-bond acceptors (Lipinski definition) is 3. The van der Waals surface area contributed by atoms with Crippen LogP contribution >= 0.6 is 23.7 Å². The summed E-state index contributed by atoms with van der Waals surface area (Å²) >= 11 is 0.922. The number of carbonyl (C=O) groups is 1. The molecule has 0 unspecified atom stereocenters. The van der Waals surface area contributed by atoms with Crippen LogP contribution in [0.15, 0.2) is 24.3 Å². The van der Waals surface area contributed by atoms with Crippen molar-refractivity contribution in [2.75, 3.05) is 19.6 Å². The monoisotopic (exact) mass is 390 g/mol. The van der Waals surface area contributed by atoms with Crippen LogP contribution in [0.2, 0.25) is 0 Å². The zero-order valence-electron chi connectivity index (χ0n) is 13.3. The van der Waals surface area contributed by atoms with Crippen molar-refractivity contribution < 1.29 is 18.0 Å². The van der Waals surface area contributed by atoms with Crippen LogP contribution in [0.3, 0.4) is 0 Å². The molecule has 3 aliphatic rings. The predicted octanol–water partition coefficient (Wildman–Crippen LogP) is 4.17. The first-order valence-corrected chi connectivity index (χ1v) is 8.86. The minimum atomic E-state index is -4.41. The SMILES string of the molecule is Cl.O=C(N[C@@H]1CN2CCC1CC2)c1cc2cccc(C(F)(F)F)c2s1. The molecular formula is C17H18ClF3N2OS. The van der Waals surface area contributed by atoms with Crippen molar-refractivity contribution in [1.82, 2.24) is 10.2 Å². The summed E-state index contributed by atoms with van der Waals surface area (Å²) in [5.74, 6) is 0.224. The van der Waals surface area contributed by atoms with Crippen LogP contribution in [-0.2, 0) is 6.18 Å². The first-order chi connectivity index (χ1) is 11.4. The van der Waals surface area contributed by atoms with E-state index in [4.69, 9.17) is 0 Å². The number of piperidine rings is 3. The Hall–Kier alpha value is -1.31. The first-order valence-electron chi connectivity index (χ1n) is 8.05. The molecule has 4 heterocycles. The van der Waals surface area contributed by atoms with Gasteiger partial charge in [-0.1, -0.05) is 12.1 Å². The van der Waals surface area contributed by atoms with Crippen LogP contribution in [0.25, 0.3) is 10.1 Å². The maximum Gasteiger partial charge on any atom is 0.417 e. The third kappa shape index (κ3) is 3.50. The van der Waals surface area contributed by atoms with E-state index in [2.05, 4.69) is 10.2 Å². The summed E-state index contributed by atoms with van der Waals surface area (Å²) in [6.45, 7) is 3.00. The van der Waals surface area contributed by atoms with Gasteiger partial charge < -0.3 is 10.2 Å². The second-order valence-electron chi connectivity index (χ2n) is 6.55. The number of alkyl halides is 3. The number of rotatable bonds is 2. The Morgan fingerprint density at radius 1 is 1.24 bits per heavy atom. The van der Waals surface area contributed by atoms with Gasteiger partial charge in [-0.25, -0.2) is 0 Å². The Bertz CT molecular complexity index is 784. The van der Waals surface area contributed by atoms with Gasteiger partial charge in [-0.05, 0) is 49.4 Å². The highest BCUT2D eigenvalue weighted by Crippen LogP contribution is 2.38. The summed E-state index contributed by atoms with van der Waals surface area (Å²) in [6, 6.07) is 5.73. The maximum atomic E-state index is 13.1. The number of amides is 1. The molecular weight excluding hydrogens is 373 g/mol. The van der Waals surface area contributed by atoms with E-state index in [1.165, 1.54) is 6.07 Å². The molecule has 1 amide bonds. The summed E-state index contributed by atoms with van der Waals surface area (Å²) in [7, 11) is 0. The quantitative estimate of drug-likeness (QED) is 0.834. The molecule has 25 heavy (non-hydrogen) atoms. The third-order valence-electron chi connectivity index (χ3n) is 5.05. The predicted molar refractivity (Wildman–Crippen MR) is 94.5 cm³/mol. The van der Waals surface area contributed by atoms with E-state index in [-0.39, 0.29) is 29.1 Å². The van der Waals surface area contributed by atoms with Gasteiger partial charge in [0.1, 0.15) is 0 Å². The van der Waals surface area contributed by atoms with Crippen molar-refractivity contribution >= 4 is 39.7 Å². The van der Waals surface area contributed by atoms with E-state index in [1.807, 2.05) is 0 Å². The minimum Gasteiger partial charge on any atom is -0.347 e. The second-order valence-corrected chi connectivity index (χ2v) is 7.60. The van der Waals surface area contributed by atoms with Crippen molar-refractivity contribution in [2.45, 2.75) is 25.1 Å². The van der Waals surface area contributed by atoms with E-state index >= 15 is 0 Å². The average Bonchev–Trinajstić information content (AvgIpc) is 2.99. The fourth-order valence-corrected chi connectivity index (χ4v) is 4.86. The van der Waals surface area contributed by atoms with Crippen LogP contribution in [0.5, 0.6) is 0 Å². The van der Waals surface area contributed by atoms with Crippen LogP contribution in [0.4, 0.5) is 13.2 Å². The van der Waals surface area contributed by atoms with Crippen LogP contribution < -0.4 is 5.32 Å². The molecule has 0 radical (unpaired) electrons. The number of fused-ring (bicyclic) bond motifs is 4. The van der Waals surface area contributed by atoms with Crippen LogP contribution in [0.1, 0.15) is 28.1 Å². The largest absolute Gasteiger partial charge is 0.417 e. The Labute approximate surface area is 153 Å². The number of halogens is 4. The van der Waals surface area contributed by atoms with Crippen molar-refractivity contribution in [1.29, 1.82) is 0 Å². The normalized spacial score (nSPS) is 25.6. The number of thiophene rings is 1. The van der Waals surface area contributed by atoms with Gasteiger partial charge in [0.15, 0.2) is 0 Å². The van der Waals surface area contributed by atoms with Gasteiger partial charge in [-0.15, -0.1) is 23.7 Å². The zero-order valence-corrected chi connectivity index (χ0v) is 14.9. The van der Waals surface area contributed by atoms with E-state index < -0.39 is 11.7 Å². The average molecular weight is 391 g/mol. The minimum absolute atomic E-state index is 0. The number of nitrogens with zero attached hydrogens (tertiary/aromatic N) is 1. The molecule has 1 N–H and O–H groups in total. The molecule has 136 valence electrons. The molecule has 0 saturated carbocycles. The van der Waals surface area contributed by atoms with Crippen LogP contribution in [-0.4, -0.2) is 36.5 Å². The summed E-state index contributed by atoms with van der Waals surface area (Å²) in [5.41, 5.74) is -0.674. The maximum absolute atomic E-state index is 13.1. The van der Waals surface area contributed by atoms with Gasteiger partial charge in [-0.2, -0.15) is 13.2 Å². The lowest BCUT2D eigenvalue weighted by molar-refractivity contribution is -0.136. The lowest BCUT2D eigenvalue weighted by atomic mass is 9.84. The van der Waals surface area contributed by atoms with Gasteiger partial charge in [0, 0.05) is 17.3 Å². The van der Waals surface area contributed by atoms with Gasteiger partial charge >= 0.3 is 6.18 Å². The fraction of sp³-hybridized carbons (Fsp3) is 0.471. The molecule has 1 aromatic heterocycles. The van der Waals surface area contributed by atoms with Crippen molar-refractivity contribution in [3.8, 4) is 0 Å². The van der Waals surface area contributed by atoms with Crippen LogP contribution in [0, 0.1) is 5.92 Å². The number of carbonyl (C=O) groups excluding carboxylic acids is 1. The summed E-state index contributed by atoms with van der Waals surface area (Å²) in [6.07, 6.45) is -2.25. The Morgan fingerprint density at radius 2 is 1.96 bits per heavy atom. The van der Waals surface area contributed by atoms with Crippen molar-refractivity contribution in [2.24, 2.45) is 5.92 Å². The highest BCUT2D eigenvalue weighted by atomic mass is 35.5. The number of benzene rings is 1. The Morgan fingerprint density at radius 3 is 2.56 bits per heavy atom. The van der Waals surface area contributed by atoms with Gasteiger partial charge in [-0.3, -0.25) is 4.79 Å². The molecule has 0 aliphatic carbocycles. The van der Waals surface area contributed by atoms with Crippen molar-refractivity contribution in [3.05, 3.63) is 34.7 Å². The molecule has 2 aromatic rings. The summed E-state index contributed by atoms with van der Waals surface area (Å²) < 4.78 is 39.4. The lowest BCUT2D eigenvalue weighted by Crippen LogP contribution is -2.57. The van der Waals surface area contributed by atoms with Gasteiger partial charge in [0.05, 0.1) is 10.4 Å². The highest BCUT2D eigenvalue weighted by Gasteiger charge is 2.36. The second kappa shape index (κ2) is 6.78. The molecule has 3 nitrogen and oxygen atoms in total. The smallest absolute Gasteiger partial charge is 0.347 e. The van der Waals surface area contributed by atoms with E-state index in [0.29, 0.717) is 16.2 Å². The topological polar surface area (TPSA) is 32.3 Å². The van der Waals surface area contributed by atoms with Gasteiger partial charge in [0.25, 0.3) is 5.91 Å². The molecule has 3 saturated heterocycles. The fourth-order valence-electron chi connectivity index (χ4n) is 3.77. The zero-order chi connectivity index (χ0) is 16.9. The number of nitrogens with one attached hydrogen (secondary N) is 1. The molecule has 3 fully saturated rings. The van der Waals surface area contributed by atoms with Crippen molar-refractivity contribution in [3.63, 3.8) is 0 Å². The third-order valence-corrected chi connectivity index (χ3v) is 6.23. The molecule has 1 atom stereocenters. The summed E-state index contributed by atoms with van der Waals surface area (Å²) in [4.78, 5) is 15.2.